The average Bonchev–Trinajstić information content (AvgIpc) is 3.53. The monoisotopic (exact) mass is 569 g/mol. The lowest BCUT2D eigenvalue weighted by Crippen LogP contribution is -2.31. The highest BCUT2D eigenvalue weighted by molar-refractivity contribution is 5.69. The highest BCUT2D eigenvalue weighted by Crippen LogP contribution is 2.45. The molecule has 0 saturated heterocycles. The number of hydrogen-bond acceptors (Lipinski definition) is 4. The van der Waals surface area contributed by atoms with Crippen LogP contribution in [0.25, 0.3) is 28.5 Å². The van der Waals surface area contributed by atoms with Gasteiger partial charge < -0.3 is 11.5 Å². The van der Waals surface area contributed by atoms with Crippen molar-refractivity contribution in [2.24, 2.45) is 0 Å². The van der Waals surface area contributed by atoms with E-state index < -0.39 is 5.41 Å². The van der Waals surface area contributed by atoms with Crippen LogP contribution >= 0.6 is 0 Å². The number of benzene rings is 6. The van der Waals surface area contributed by atoms with Crippen molar-refractivity contribution in [3.63, 3.8) is 0 Å². The number of rotatable bonds is 7. The molecule has 7 aromatic rings. The molecule has 5 nitrogen and oxygen atoms in total. The normalized spacial score (nSPS) is 11.4. The Kier molecular flexibility index (Phi) is 6.97. The molecule has 0 aliphatic carbocycles. The van der Waals surface area contributed by atoms with E-state index >= 15 is 0 Å². The number of aromatic nitrogens is 3. The molecule has 44 heavy (non-hydrogen) atoms. The van der Waals surface area contributed by atoms with Crippen LogP contribution in [0.5, 0.6) is 0 Å². The van der Waals surface area contributed by atoms with E-state index in [0.717, 1.165) is 34.0 Å². The molecule has 0 spiro atoms. The van der Waals surface area contributed by atoms with Crippen molar-refractivity contribution in [1.82, 2.24) is 14.8 Å². The molecule has 0 amide bonds. The molecule has 0 unspecified atom stereocenters. The summed E-state index contributed by atoms with van der Waals surface area (Å²) in [6, 6.07) is 56.3. The molecule has 1 heterocycles. The van der Waals surface area contributed by atoms with Crippen LogP contribution in [-0.2, 0) is 5.41 Å². The van der Waals surface area contributed by atoms with Crippen LogP contribution in [0.2, 0.25) is 0 Å². The Hall–Kier alpha value is -5.94. The summed E-state index contributed by atoms with van der Waals surface area (Å²) in [6.07, 6.45) is 0. The smallest absolute Gasteiger partial charge is 0.168 e. The standard InChI is InChI=1S/C39H31N5/c40-34-22-16-28(17-23-34)37-42-43-38(29-18-24-35(41)25-19-29)44(37)36-26-20-33(21-27-36)39(30-10-4-1-5-11-30,31-12-6-2-7-13-31)32-14-8-3-9-15-32/h1-27H,40-41H2. The third kappa shape index (κ3) is 4.71. The van der Waals surface area contributed by atoms with E-state index in [2.05, 4.69) is 130 Å². The lowest BCUT2D eigenvalue weighted by Gasteiger charge is -2.37. The van der Waals surface area contributed by atoms with Crippen molar-refractivity contribution in [3.05, 3.63) is 186 Å². The van der Waals surface area contributed by atoms with Gasteiger partial charge in [-0.2, -0.15) is 0 Å². The summed E-state index contributed by atoms with van der Waals surface area (Å²) in [6.45, 7) is 0. The fourth-order valence-corrected chi connectivity index (χ4v) is 6.09. The van der Waals surface area contributed by atoms with Crippen molar-refractivity contribution in [1.29, 1.82) is 0 Å². The maximum atomic E-state index is 6.01. The van der Waals surface area contributed by atoms with Gasteiger partial charge in [-0.15, -0.1) is 10.2 Å². The summed E-state index contributed by atoms with van der Waals surface area (Å²) in [7, 11) is 0. The SMILES string of the molecule is Nc1ccc(-c2nnc(-c3ccc(N)cc3)n2-c2ccc(C(c3ccccc3)(c3ccccc3)c3ccccc3)cc2)cc1. The predicted molar refractivity (Wildman–Crippen MR) is 179 cm³/mol. The Morgan fingerprint density at radius 1 is 0.386 bits per heavy atom. The van der Waals surface area contributed by atoms with Gasteiger partial charge in [0.25, 0.3) is 0 Å². The number of nitrogen functional groups attached to an aromatic ring is 2. The zero-order valence-electron chi connectivity index (χ0n) is 24.1. The van der Waals surface area contributed by atoms with Gasteiger partial charge in [0.15, 0.2) is 11.6 Å². The zero-order chi connectivity index (χ0) is 29.9. The fourth-order valence-electron chi connectivity index (χ4n) is 6.09. The predicted octanol–water partition coefficient (Wildman–Crippen LogP) is 8.15. The Labute approximate surface area is 257 Å². The summed E-state index contributed by atoms with van der Waals surface area (Å²) >= 11 is 0. The number of hydrogen-bond donors (Lipinski definition) is 2. The summed E-state index contributed by atoms with van der Waals surface area (Å²) in [5.74, 6) is 1.45. The van der Waals surface area contributed by atoms with Gasteiger partial charge >= 0.3 is 0 Å². The van der Waals surface area contributed by atoms with E-state index in [1.807, 2.05) is 48.5 Å². The minimum absolute atomic E-state index is 0.533. The second kappa shape index (κ2) is 11.4. The van der Waals surface area contributed by atoms with Crippen LogP contribution in [-0.4, -0.2) is 14.8 Å². The van der Waals surface area contributed by atoms with Gasteiger partial charge in [-0.25, -0.2) is 0 Å². The molecular formula is C39H31N5. The minimum atomic E-state index is -0.533. The van der Waals surface area contributed by atoms with Crippen LogP contribution in [0.1, 0.15) is 22.3 Å². The quantitative estimate of drug-likeness (QED) is 0.150. The molecule has 0 bridgehead atoms. The van der Waals surface area contributed by atoms with Gasteiger partial charge in [-0.1, -0.05) is 103 Å². The molecule has 4 N–H and O–H groups in total. The van der Waals surface area contributed by atoms with Crippen molar-refractivity contribution >= 4 is 11.4 Å². The van der Waals surface area contributed by atoms with Gasteiger partial charge in [-0.05, 0) is 82.9 Å². The molecule has 0 saturated carbocycles. The van der Waals surface area contributed by atoms with Gasteiger partial charge in [0.05, 0.1) is 5.41 Å². The first-order valence-corrected chi connectivity index (χ1v) is 14.6. The highest BCUT2D eigenvalue weighted by Gasteiger charge is 2.38. The maximum absolute atomic E-state index is 6.01. The third-order valence-corrected chi connectivity index (χ3v) is 8.18. The summed E-state index contributed by atoms with van der Waals surface area (Å²) in [5, 5.41) is 9.29. The molecule has 5 heteroatoms. The zero-order valence-corrected chi connectivity index (χ0v) is 24.1. The second-order valence-corrected chi connectivity index (χ2v) is 10.8. The molecule has 1 aromatic heterocycles. The van der Waals surface area contributed by atoms with E-state index in [1.54, 1.807) is 0 Å². The molecule has 7 rings (SSSR count). The third-order valence-electron chi connectivity index (χ3n) is 8.18. The Bertz CT molecular complexity index is 1820. The van der Waals surface area contributed by atoms with Gasteiger partial charge in [0.2, 0.25) is 0 Å². The van der Waals surface area contributed by atoms with Gasteiger partial charge in [0.1, 0.15) is 0 Å². The average molecular weight is 570 g/mol. The van der Waals surface area contributed by atoms with Gasteiger partial charge in [0, 0.05) is 28.2 Å². The minimum Gasteiger partial charge on any atom is -0.399 e. The van der Waals surface area contributed by atoms with Crippen LogP contribution in [0.3, 0.4) is 0 Å². The second-order valence-electron chi connectivity index (χ2n) is 10.8. The van der Waals surface area contributed by atoms with Crippen molar-refractivity contribution in [3.8, 4) is 28.5 Å². The van der Waals surface area contributed by atoms with E-state index in [-0.39, 0.29) is 0 Å². The Balaban J connectivity index is 1.45. The van der Waals surface area contributed by atoms with Crippen molar-refractivity contribution in [2.45, 2.75) is 5.41 Å². The Morgan fingerprint density at radius 3 is 1.09 bits per heavy atom. The molecule has 0 aliphatic heterocycles. The molecule has 6 aromatic carbocycles. The first-order chi connectivity index (χ1) is 21.6. The maximum Gasteiger partial charge on any atom is 0.168 e. The molecule has 0 radical (unpaired) electrons. The van der Waals surface area contributed by atoms with Crippen LogP contribution in [0.4, 0.5) is 11.4 Å². The number of nitrogens with two attached hydrogens (primary N) is 2. The van der Waals surface area contributed by atoms with E-state index in [0.29, 0.717) is 11.4 Å². The van der Waals surface area contributed by atoms with Crippen molar-refractivity contribution in [2.75, 3.05) is 11.5 Å². The highest BCUT2D eigenvalue weighted by atomic mass is 15.3. The summed E-state index contributed by atoms with van der Waals surface area (Å²) in [4.78, 5) is 0. The largest absolute Gasteiger partial charge is 0.399 e. The van der Waals surface area contributed by atoms with Crippen molar-refractivity contribution < 1.29 is 0 Å². The fraction of sp³-hybridized carbons (Fsp3) is 0.0256. The lowest BCUT2D eigenvalue weighted by atomic mass is 9.65. The first-order valence-electron chi connectivity index (χ1n) is 14.6. The topological polar surface area (TPSA) is 82.8 Å². The molecule has 0 aliphatic rings. The Morgan fingerprint density at radius 2 is 0.727 bits per heavy atom. The molecular weight excluding hydrogens is 538 g/mol. The molecule has 0 atom stereocenters. The van der Waals surface area contributed by atoms with Crippen LogP contribution in [0.15, 0.2) is 164 Å². The van der Waals surface area contributed by atoms with E-state index in [9.17, 15) is 0 Å². The number of anilines is 2. The lowest BCUT2D eigenvalue weighted by molar-refractivity contribution is 0.744. The van der Waals surface area contributed by atoms with Crippen LogP contribution in [0, 0.1) is 0 Å². The number of nitrogens with zero attached hydrogens (tertiary/aromatic N) is 3. The first kappa shape index (κ1) is 26.9. The molecule has 212 valence electrons. The summed E-state index contributed by atoms with van der Waals surface area (Å²) < 4.78 is 2.09. The van der Waals surface area contributed by atoms with E-state index in [1.165, 1.54) is 16.7 Å². The van der Waals surface area contributed by atoms with E-state index in [4.69, 9.17) is 11.5 Å². The molecule has 0 fully saturated rings. The van der Waals surface area contributed by atoms with Gasteiger partial charge in [-0.3, -0.25) is 4.57 Å². The van der Waals surface area contributed by atoms with Crippen LogP contribution < -0.4 is 11.5 Å². The summed E-state index contributed by atoms with van der Waals surface area (Å²) in [5.41, 5.74) is 20.4.